The standard InChI is InChI=1S/C22H15BrF3N3/c23-18-12-19-21(27-13-18)29(14-16-4-2-1-3-5-16)20(28-19)11-8-15-6-9-17(10-7-15)22(24,25)26/h1-13H,14H2/b11-8+. The zero-order chi connectivity index (χ0) is 20.4. The number of benzene rings is 2. The highest BCUT2D eigenvalue weighted by Crippen LogP contribution is 2.29. The Kier molecular flexibility index (Phi) is 5.24. The van der Waals surface area contributed by atoms with E-state index < -0.39 is 11.7 Å². The number of hydrogen-bond donors (Lipinski definition) is 0. The smallest absolute Gasteiger partial charge is 0.305 e. The molecule has 0 spiro atoms. The van der Waals surface area contributed by atoms with Crippen LogP contribution in [-0.4, -0.2) is 14.5 Å². The Morgan fingerprint density at radius 3 is 2.38 bits per heavy atom. The lowest BCUT2D eigenvalue weighted by molar-refractivity contribution is -0.137. The van der Waals surface area contributed by atoms with Gasteiger partial charge < -0.3 is 4.57 Å². The molecule has 0 atom stereocenters. The molecule has 0 bridgehead atoms. The summed E-state index contributed by atoms with van der Waals surface area (Å²) in [7, 11) is 0. The molecule has 0 aliphatic heterocycles. The molecule has 0 radical (unpaired) electrons. The Hall–Kier alpha value is -2.93. The van der Waals surface area contributed by atoms with Gasteiger partial charge >= 0.3 is 6.18 Å². The average molecular weight is 458 g/mol. The van der Waals surface area contributed by atoms with E-state index >= 15 is 0 Å². The van der Waals surface area contributed by atoms with Crippen molar-refractivity contribution in [3.8, 4) is 0 Å². The number of fused-ring (bicyclic) bond motifs is 1. The third-order valence-corrected chi connectivity index (χ3v) is 4.86. The lowest BCUT2D eigenvalue weighted by atomic mass is 10.1. The van der Waals surface area contributed by atoms with E-state index in [0.717, 1.165) is 33.3 Å². The van der Waals surface area contributed by atoms with Crippen molar-refractivity contribution in [1.29, 1.82) is 0 Å². The third-order valence-electron chi connectivity index (χ3n) is 4.43. The molecular formula is C22H15BrF3N3. The summed E-state index contributed by atoms with van der Waals surface area (Å²) < 4.78 is 41.0. The van der Waals surface area contributed by atoms with E-state index in [1.54, 1.807) is 18.3 Å². The van der Waals surface area contributed by atoms with Gasteiger partial charge in [0.2, 0.25) is 0 Å². The van der Waals surface area contributed by atoms with Crippen LogP contribution in [0.1, 0.15) is 22.5 Å². The second-order valence-electron chi connectivity index (χ2n) is 6.49. The largest absolute Gasteiger partial charge is 0.416 e. The number of hydrogen-bond acceptors (Lipinski definition) is 2. The topological polar surface area (TPSA) is 30.7 Å². The van der Waals surface area contributed by atoms with Crippen molar-refractivity contribution in [2.45, 2.75) is 12.7 Å². The summed E-state index contributed by atoms with van der Waals surface area (Å²) in [6.45, 7) is 0.582. The first-order valence-electron chi connectivity index (χ1n) is 8.81. The van der Waals surface area contributed by atoms with Gasteiger partial charge in [-0.15, -0.1) is 0 Å². The number of alkyl halides is 3. The SMILES string of the molecule is FC(F)(F)c1ccc(/C=C/c2nc3cc(Br)cnc3n2Cc2ccccc2)cc1. The number of imidazole rings is 1. The van der Waals surface area contributed by atoms with E-state index in [9.17, 15) is 13.2 Å². The Bertz CT molecular complexity index is 1160. The summed E-state index contributed by atoms with van der Waals surface area (Å²) in [4.78, 5) is 9.13. The number of nitrogens with zero attached hydrogens (tertiary/aromatic N) is 3. The summed E-state index contributed by atoms with van der Waals surface area (Å²) >= 11 is 3.41. The summed E-state index contributed by atoms with van der Waals surface area (Å²) in [6, 6.07) is 16.9. The Balaban J connectivity index is 1.70. The molecule has 7 heteroatoms. The summed E-state index contributed by atoms with van der Waals surface area (Å²) in [5.74, 6) is 0.675. The molecule has 0 fully saturated rings. The minimum absolute atomic E-state index is 0.582. The monoisotopic (exact) mass is 457 g/mol. The van der Waals surface area contributed by atoms with Gasteiger partial charge in [-0.3, -0.25) is 0 Å². The van der Waals surface area contributed by atoms with Gasteiger partial charge in [0.05, 0.1) is 12.1 Å². The van der Waals surface area contributed by atoms with Crippen LogP contribution in [0.2, 0.25) is 0 Å². The predicted molar refractivity (Wildman–Crippen MR) is 111 cm³/mol. The number of rotatable bonds is 4. The van der Waals surface area contributed by atoms with Crippen LogP contribution < -0.4 is 0 Å². The molecule has 2 aromatic carbocycles. The van der Waals surface area contributed by atoms with Gasteiger partial charge in [0, 0.05) is 10.7 Å². The van der Waals surface area contributed by atoms with Crippen molar-refractivity contribution >= 4 is 39.2 Å². The van der Waals surface area contributed by atoms with Crippen LogP contribution in [0.5, 0.6) is 0 Å². The molecule has 2 aromatic heterocycles. The van der Waals surface area contributed by atoms with Gasteiger partial charge in [-0.1, -0.05) is 48.5 Å². The van der Waals surface area contributed by atoms with Gasteiger partial charge in [0.1, 0.15) is 11.3 Å². The van der Waals surface area contributed by atoms with E-state index in [0.29, 0.717) is 17.9 Å². The molecule has 3 nitrogen and oxygen atoms in total. The van der Waals surface area contributed by atoms with Crippen LogP contribution in [-0.2, 0) is 12.7 Å². The van der Waals surface area contributed by atoms with Crippen LogP contribution in [0.25, 0.3) is 23.3 Å². The molecule has 0 amide bonds. The Morgan fingerprint density at radius 1 is 0.966 bits per heavy atom. The van der Waals surface area contributed by atoms with Crippen LogP contribution in [0.4, 0.5) is 13.2 Å². The van der Waals surface area contributed by atoms with E-state index in [2.05, 4.69) is 25.9 Å². The van der Waals surface area contributed by atoms with Crippen LogP contribution in [0, 0.1) is 0 Å². The normalized spacial score (nSPS) is 12.1. The van der Waals surface area contributed by atoms with Crippen molar-refractivity contribution in [3.05, 3.63) is 93.8 Å². The fraction of sp³-hybridized carbons (Fsp3) is 0.0909. The molecule has 0 unspecified atom stereocenters. The van der Waals surface area contributed by atoms with Crippen molar-refractivity contribution in [3.63, 3.8) is 0 Å². The first-order valence-corrected chi connectivity index (χ1v) is 9.60. The lowest BCUT2D eigenvalue weighted by Gasteiger charge is -2.07. The molecule has 4 aromatic rings. The quantitative estimate of drug-likeness (QED) is 0.353. The second kappa shape index (κ2) is 7.83. The highest BCUT2D eigenvalue weighted by atomic mass is 79.9. The summed E-state index contributed by atoms with van der Waals surface area (Å²) in [6.07, 6.45) is 0.916. The van der Waals surface area contributed by atoms with Gasteiger partial charge in [-0.05, 0) is 51.3 Å². The first-order chi connectivity index (χ1) is 13.9. The maximum atomic E-state index is 12.7. The van der Waals surface area contributed by atoms with Gasteiger partial charge in [0.25, 0.3) is 0 Å². The van der Waals surface area contributed by atoms with Gasteiger partial charge in [-0.25, -0.2) is 9.97 Å². The lowest BCUT2D eigenvalue weighted by Crippen LogP contribution is -2.04. The van der Waals surface area contributed by atoms with E-state index in [-0.39, 0.29) is 0 Å². The molecule has 0 saturated carbocycles. The van der Waals surface area contributed by atoms with E-state index in [4.69, 9.17) is 0 Å². The van der Waals surface area contributed by atoms with Gasteiger partial charge in [0.15, 0.2) is 5.65 Å². The maximum absolute atomic E-state index is 12.7. The molecule has 2 heterocycles. The average Bonchev–Trinajstić information content (AvgIpc) is 3.03. The highest BCUT2D eigenvalue weighted by molar-refractivity contribution is 9.10. The van der Waals surface area contributed by atoms with Crippen molar-refractivity contribution < 1.29 is 13.2 Å². The zero-order valence-corrected chi connectivity index (χ0v) is 16.7. The highest BCUT2D eigenvalue weighted by Gasteiger charge is 2.29. The molecule has 29 heavy (non-hydrogen) atoms. The molecule has 0 saturated heterocycles. The van der Waals surface area contributed by atoms with Gasteiger partial charge in [-0.2, -0.15) is 13.2 Å². The molecular weight excluding hydrogens is 443 g/mol. The van der Waals surface area contributed by atoms with Crippen molar-refractivity contribution in [2.75, 3.05) is 0 Å². The van der Waals surface area contributed by atoms with Crippen LogP contribution >= 0.6 is 15.9 Å². The predicted octanol–water partition coefficient (Wildman–Crippen LogP) is 6.43. The Labute approximate surface area is 173 Å². The van der Waals surface area contributed by atoms with Crippen molar-refractivity contribution in [1.82, 2.24) is 14.5 Å². The molecule has 0 aliphatic rings. The van der Waals surface area contributed by atoms with Crippen LogP contribution in [0.15, 0.2) is 71.3 Å². The summed E-state index contributed by atoms with van der Waals surface area (Å²) in [5.41, 5.74) is 2.57. The minimum atomic E-state index is -4.34. The number of halogens is 4. The fourth-order valence-corrected chi connectivity index (χ4v) is 3.33. The minimum Gasteiger partial charge on any atom is -0.305 e. The molecule has 146 valence electrons. The van der Waals surface area contributed by atoms with Crippen molar-refractivity contribution in [2.24, 2.45) is 0 Å². The summed E-state index contributed by atoms with van der Waals surface area (Å²) in [5, 5.41) is 0. The number of pyridine rings is 1. The molecule has 4 rings (SSSR count). The molecule has 0 N–H and O–H groups in total. The zero-order valence-electron chi connectivity index (χ0n) is 15.1. The first kappa shape index (κ1) is 19.4. The molecule has 0 aliphatic carbocycles. The number of aromatic nitrogens is 3. The maximum Gasteiger partial charge on any atom is 0.416 e. The third kappa shape index (κ3) is 4.40. The van der Waals surface area contributed by atoms with Crippen LogP contribution in [0.3, 0.4) is 0 Å². The Morgan fingerprint density at radius 2 is 1.69 bits per heavy atom. The second-order valence-corrected chi connectivity index (χ2v) is 7.41. The fourth-order valence-electron chi connectivity index (χ4n) is 3.01. The van der Waals surface area contributed by atoms with E-state index in [1.807, 2.05) is 41.0 Å². The van der Waals surface area contributed by atoms with E-state index in [1.165, 1.54) is 12.1 Å².